The summed E-state index contributed by atoms with van der Waals surface area (Å²) >= 11 is 0. The molecule has 0 bridgehead atoms. The molecule has 1 aromatic heterocycles. The summed E-state index contributed by atoms with van der Waals surface area (Å²) in [7, 11) is 0. The highest BCUT2D eigenvalue weighted by atomic mass is 14.9. The first-order valence-electron chi connectivity index (χ1n) is 20.4. The number of hydrogen-bond donors (Lipinski definition) is 0. The Morgan fingerprint density at radius 2 is 0.814 bits per heavy atom. The molecule has 1 aliphatic carbocycles. The van der Waals surface area contributed by atoms with Crippen molar-refractivity contribution in [1.29, 1.82) is 0 Å². The van der Waals surface area contributed by atoms with E-state index in [0.717, 1.165) is 44.6 Å². The summed E-state index contributed by atoms with van der Waals surface area (Å²) in [6.07, 6.45) is 0. The van der Waals surface area contributed by atoms with Crippen LogP contribution in [0.15, 0.2) is 206 Å². The average molecular weight is 753 g/mol. The first-order chi connectivity index (χ1) is 29.0. The van der Waals surface area contributed by atoms with Crippen molar-refractivity contribution in [3.63, 3.8) is 0 Å². The Morgan fingerprint density at radius 1 is 0.305 bits per heavy atom. The van der Waals surface area contributed by atoms with E-state index in [4.69, 9.17) is 9.97 Å². The molecule has 0 saturated carbocycles. The molecule has 2 nitrogen and oxygen atoms in total. The van der Waals surface area contributed by atoms with Crippen LogP contribution in [-0.4, -0.2) is 9.97 Å². The number of rotatable bonds is 6. The molecule has 0 unspecified atom stereocenters. The SMILES string of the molecule is CC1(C)c2c(-c3cccc(-c4ccc(-c5nc(-c6ccccc6)cc(-c6ccccc6-c6ccccc6)n5)c5ccccc45)c3)cccc2-c2ccc3ccccc3c21. The molecule has 1 heterocycles. The van der Waals surface area contributed by atoms with Gasteiger partial charge in [0, 0.05) is 22.1 Å². The molecule has 1 aliphatic rings. The van der Waals surface area contributed by atoms with Crippen molar-refractivity contribution in [1.82, 2.24) is 9.97 Å². The molecule has 0 atom stereocenters. The minimum atomic E-state index is -0.165. The molecule has 0 spiro atoms. The molecule has 0 saturated heterocycles. The van der Waals surface area contributed by atoms with Gasteiger partial charge in [-0.1, -0.05) is 202 Å². The highest BCUT2D eigenvalue weighted by Gasteiger charge is 2.38. The summed E-state index contributed by atoms with van der Waals surface area (Å²) in [5, 5.41) is 4.91. The summed E-state index contributed by atoms with van der Waals surface area (Å²) in [4.78, 5) is 10.6. The highest BCUT2D eigenvalue weighted by molar-refractivity contribution is 6.05. The van der Waals surface area contributed by atoms with Crippen molar-refractivity contribution in [3.8, 4) is 78.4 Å². The molecule has 9 aromatic carbocycles. The van der Waals surface area contributed by atoms with E-state index in [1.54, 1.807) is 0 Å². The molecular formula is C57H40N2. The standard InChI is InChI=1S/C57H40N2/c1-57(2)54-44-25-10-9-19-38(44)31-32-50(54)49-30-16-29-45(55(49)57)41-23-15-22-40(35-41)43-33-34-51(47-27-13-12-26-46(43)47)56-58-52(39-20-7-4-8-21-39)36-53(59-56)48-28-14-11-24-42(48)37-17-5-3-6-18-37/h3-36H,1-2H3. The second-order valence-electron chi connectivity index (χ2n) is 16.1. The van der Waals surface area contributed by atoms with Crippen LogP contribution in [0.2, 0.25) is 0 Å². The molecule has 2 heteroatoms. The van der Waals surface area contributed by atoms with Gasteiger partial charge < -0.3 is 0 Å². The lowest BCUT2D eigenvalue weighted by Crippen LogP contribution is -2.16. The van der Waals surface area contributed by atoms with Crippen LogP contribution in [0.1, 0.15) is 25.0 Å². The second-order valence-corrected chi connectivity index (χ2v) is 16.1. The topological polar surface area (TPSA) is 25.8 Å². The summed E-state index contributed by atoms with van der Waals surface area (Å²) in [5.74, 6) is 0.704. The van der Waals surface area contributed by atoms with Gasteiger partial charge in [0.2, 0.25) is 0 Å². The molecule has 0 aliphatic heterocycles. The summed E-state index contributed by atoms with van der Waals surface area (Å²) in [5.41, 5.74) is 17.4. The summed E-state index contributed by atoms with van der Waals surface area (Å²) in [6.45, 7) is 4.79. The average Bonchev–Trinajstić information content (AvgIpc) is 3.55. The third kappa shape index (κ3) is 5.79. The summed E-state index contributed by atoms with van der Waals surface area (Å²) in [6, 6.07) is 74.2. The van der Waals surface area contributed by atoms with Crippen molar-refractivity contribution in [3.05, 3.63) is 217 Å². The van der Waals surface area contributed by atoms with E-state index in [-0.39, 0.29) is 5.41 Å². The quantitative estimate of drug-likeness (QED) is 0.169. The first kappa shape index (κ1) is 34.8. The Balaban J connectivity index is 1.05. The predicted octanol–water partition coefficient (Wildman–Crippen LogP) is 15.1. The van der Waals surface area contributed by atoms with Crippen LogP contribution < -0.4 is 0 Å². The molecule has 59 heavy (non-hydrogen) atoms. The fraction of sp³-hybridized carbons (Fsp3) is 0.0526. The Kier molecular flexibility index (Phi) is 8.20. The van der Waals surface area contributed by atoms with Crippen LogP contribution in [-0.2, 0) is 5.41 Å². The van der Waals surface area contributed by atoms with Gasteiger partial charge in [-0.3, -0.25) is 0 Å². The molecule has 0 N–H and O–H groups in total. The Bertz CT molecular complexity index is 3230. The zero-order valence-electron chi connectivity index (χ0n) is 33.0. The molecule has 278 valence electrons. The van der Waals surface area contributed by atoms with Crippen molar-refractivity contribution in [2.45, 2.75) is 19.3 Å². The smallest absolute Gasteiger partial charge is 0.161 e. The number of hydrogen-bond acceptors (Lipinski definition) is 2. The zero-order chi connectivity index (χ0) is 39.5. The van der Waals surface area contributed by atoms with Gasteiger partial charge in [0.25, 0.3) is 0 Å². The van der Waals surface area contributed by atoms with Gasteiger partial charge in [-0.2, -0.15) is 0 Å². The predicted molar refractivity (Wildman–Crippen MR) is 247 cm³/mol. The van der Waals surface area contributed by atoms with E-state index in [0.29, 0.717) is 5.82 Å². The monoisotopic (exact) mass is 752 g/mol. The highest BCUT2D eigenvalue weighted by Crippen LogP contribution is 2.54. The second kappa shape index (κ2) is 13.9. The fourth-order valence-corrected chi connectivity index (χ4v) is 9.62. The van der Waals surface area contributed by atoms with E-state index < -0.39 is 0 Å². The van der Waals surface area contributed by atoms with E-state index in [1.807, 2.05) is 6.07 Å². The van der Waals surface area contributed by atoms with Gasteiger partial charge in [0.1, 0.15) is 0 Å². The Hall–Kier alpha value is -7.42. The van der Waals surface area contributed by atoms with Crippen LogP contribution in [0.3, 0.4) is 0 Å². The maximum Gasteiger partial charge on any atom is 0.161 e. The van der Waals surface area contributed by atoms with E-state index >= 15 is 0 Å². The van der Waals surface area contributed by atoms with E-state index in [9.17, 15) is 0 Å². The number of aromatic nitrogens is 2. The van der Waals surface area contributed by atoms with Gasteiger partial charge >= 0.3 is 0 Å². The molecule has 0 radical (unpaired) electrons. The molecular weight excluding hydrogens is 713 g/mol. The van der Waals surface area contributed by atoms with Crippen molar-refractivity contribution >= 4 is 21.5 Å². The molecule has 10 aromatic rings. The Morgan fingerprint density at radius 3 is 1.59 bits per heavy atom. The maximum absolute atomic E-state index is 5.36. The van der Waals surface area contributed by atoms with Crippen LogP contribution in [0.4, 0.5) is 0 Å². The van der Waals surface area contributed by atoms with Crippen molar-refractivity contribution < 1.29 is 0 Å². The van der Waals surface area contributed by atoms with E-state index in [2.05, 4.69) is 214 Å². The van der Waals surface area contributed by atoms with Crippen LogP contribution in [0.25, 0.3) is 100.0 Å². The molecule has 0 fully saturated rings. The molecule has 0 amide bonds. The maximum atomic E-state index is 5.36. The summed E-state index contributed by atoms with van der Waals surface area (Å²) < 4.78 is 0. The van der Waals surface area contributed by atoms with Gasteiger partial charge in [0.05, 0.1) is 11.4 Å². The normalized spacial score (nSPS) is 12.7. The van der Waals surface area contributed by atoms with Gasteiger partial charge in [-0.25, -0.2) is 9.97 Å². The van der Waals surface area contributed by atoms with Crippen molar-refractivity contribution in [2.24, 2.45) is 0 Å². The number of fused-ring (bicyclic) bond motifs is 6. The van der Waals surface area contributed by atoms with Crippen LogP contribution >= 0.6 is 0 Å². The van der Waals surface area contributed by atoms with Crippen molar-refractivity contribution in [2.75, 3.05) is 0 Å². The Labute approximate surface area is 345 Å². The largest absolute Gasteiger partial charge is 0.228 e. The minimum Gasteiger partial charge on any atom is -0.228 e. The van der Waals surface area contributed by atoms with Crippen LogP contribution in [0, 0.1) is 0 Å². The lowest BCUT2D eigenvalue weighted by Gasteiger charge is -2.26. The fourth-order valence-electron chi connectivity index (χ4n) is 9.62. The van der Waals surface area contributed by atoms with E-state index in [1.165, 1.54) is 60.7 Å². The number of nitrogens with zero attached hydrogens (tertiary/aromatic N) is 2. The first-order valence-corrected chi connectivity index (χ1v) is 20.4. The van der Waals surface area contributed by atoms with Gasteiger partial charge in [-0.05, 0) is 95.4 Å². The van der Waals surface area contributed by atoms with Gasteiger partial charge in [0.15, 0.2) is 5.82 Å². The minimum absolute atomic E-state index is 0.165. The van der Waals surface area contributed by atoms with Gasteiger partial charge in [-0.15, -0.1) is 0 Å². The third-order valence-electron chi connectivity index (χ3n) is 12.3. The zero-order valence-corrected chi connectivity index (χ0v) is 33.0. The molecule has 11 rings (SSSR count). The number of benzene rings is 9. The lowest BCUT2D eigenvalue weighted by atomic mass is 9.77. The van der Waals surface area contributed by atoms with Crippen LogP contribution in [0.5, 0.6) is 0 Å². The lowest BCUT2D eigenvalue weighted by molar-refractivity contribution is 0.668. The third-order valence-corrected chi connectivity index (χ3v) is 12.3.